The minimum absolute atomic E-state index is 0. The number of aliphatic imine (C=N–C) groups is 1. The summed E-state index contributed by atoms with van der Waals surface area (Å²) in [5.74, 6) is 1.04. The molecule has 0 amide bonds. The average molecular weight is 439 g/mol. The molecule has 1 aromatic heterocycles. The topological polar surface area (TPSA) is 45.5 Å². The fourth-order valence-corrected chi connectivity index (χ4v) is 2.93. The Kier molecular flexibility index (Phi) is 7.55. The van der Waals surface area contributed by atoms with Crippen LogP contribution < -0.4 is 5.32 Å². The first-order chi connectivity index (χ1) is 11.3. The van der Waals surface area contributed by atoms with Crippen LogP contribution in [-0.2, 0) is 13.1 Å². The Labute approximate surface area is 161 Å². The molecule has 1 fully saturated rings. The summed E-state index contributed by atoms with van der Waals surface area (Å²) in [5.41, 5.74) is 2.50. The van der Waals surface area contributed by atoms with Gasteiger partial charge in [0.1, 0.15) is 0 Å². The molecule has 0 aliphatic carbocycles. The molecule has 1 aliphatic rings. The van der Waals surface area contributed by atoms with E-state index in [4.69, 9.17) is 4.99 Å². The largest absolute Gasteiger partial charge is 0.357 e. The Bertz CT molecular complexity index is 633. The third-order valence-electron chi connectivity index (χ3n) is 4.05. The lowest BCUT2D eigenvalue weighted by Crippen LogP contribution is -2.39. The number of aromatic nitrogens is 2. The number of nitrogens with zero attached hydrogens (tertiary/aromatic N) is 4. The van der Waals surface area contributed by atoms with Crippen molar-refractivity contribution in [1.82, 2.24) is 20.0 Å². The molecule has 0 atom stereocenters. The molecule has 1 aromatic carbocycles. The molecule has 5 nitrogen and oxygen atoms in total. The predicted octanol–water partition coefficient (Wildman–Crippen LogP) is 3.11. The minimum atomic E-state index is 0. The first-order valence-electron chi connectivity index (χ1n) is 8.43. The van der Waals surface area contributed by atoms with Gasteiger partial charge in [-0.2, -0.15) is 5.10 Å². The Morgan fingerprint density at radius 2 is 2.00 bits per heavy atom. The molecule has 0 radical (unpaired) electrons. The van der Waals surface area contributed by atoms with Gasteiger partial charge >= 0.3 is 0 Å². The van der Waals surface area contributed by atoms with Gasteiger partial charge in [-0.15, -0.1) is 24.0 Å². The highest BCUT2D eigenvalue weighted by Gasteiger charge is 2.15. The number of likely N-dealkylation sites (tertiary alicyclic amines) is 1. The maximum Gasteiger partial charge on any atom is 0.194 e. The lowest BCUT2D eigenvalue weighted by Gasteiger charge is -2.20. The minimum Gasteiger partial charge on any atom is -0.357 e. The molecule has 6 heteroatoms. The highest BCUT2D eigenvalue weighted by atomic mass is 127. The van der Waals surface area contributed by atoms with E-state index < -0.39 is 0 Å². The summed E-state index contributed by atoms with van der Waals surface area (Å²) in [7, 11) is 0. The number of benzene rings is 1. The van der Waals surface area contributed by atoms with E-state index in [9.17, 15) is 0 Å². The van der Waals surface area contributed by atoms with E-state index in [1.54, 1.807) is 0 Å². The number of hydrogen-bond donors (Lipinski definition) is 1. The SMILES string of the molecule is CCNC(=NCc1cccc(Cn2cccn2)c1)N1CCCC1.I. The van der Waals surface area contributed by atoms with Gasteiger partial charge in [0.25, 0.3) is 0 Å². The standard InChI is InChI=1S/C18H25N5.HI/c1-2-19-18(22-10-3-4-11-22)20-14-16-7-5-8-17(13-16)15-23-12-6-9-21-23;/h5-9,12-13H,2-4,10-11,14-15H2,1H3,(H,19,20);1H. The molecule has 2 aromatic rings. The monoisotopic (exact) mass is 439 g/mol. The zero-order valence-electron chi connectivity index (χ0n) is 14.2. The number of guanidine groups is 1. The number of rotatable bonds is 5. The summed E-state index contributed by atoms with van der Waals surface area (Å²) in [6, 6.07) is 10.6. The maximum absolute atomic E-state index is 4.81. The van der Waals surface area contributed by atoms with Crippen molar-refractivity contribution in [3.8, 4) is 0 Å². The van der Waals surface area contributed by atoms with Crippen molar-refractivity contribution in [3.63, 3.8) is 0 Å². The van der Waals surface area contributed by atoms with Crippen molar-refractivity contribution < 1.29 is 0 Å². The van der Waals surface area contributed by atoms with E-state index in [1.807, 2.05) is 23.1 Å². The Balaban J connectivity index is 0.00000208. The molecule has 0 unspecified atom stereocenters. The second-order valence-electron chi connectivity index (χ2n) is 5.89. The second kappa shape index (κ2) is 9.66. The summed E-state index contributed by atoms with van der Waals surface area (Å²) in [4.78, 5) is 7.17. The Morgan fingerprint density at radius 1 is 1.21 bits per heavy atom. The molecule has 0 spiro atoms. The van der Waals surface area contributed by atoms with Gasteiger partial charge in [0, 0.05) is 32.0 Å². The summed E-state index contributed by atoms with van der Waals surface area (Å²) >= 11 is 0. The summed E-state index contributed by atoms with van der Waals surface area (Å²) < 4.78 is 1.94. The van der Waals surface area contributed by atoms with Crippen LogP contribution >= 0.6 is 24.0 Å². The first kappa shape index (κ1) is 18.8. The molecule has 3 rings (SSSR count). The molecule has 130 valence electrons. The first-order valence-corrected chi connectivity index (χ1v) is 8.43. The van der Waals surface area contributed by atoms with E-state index in [-0.39, 0.29) is 24.0 Å². The van der Waals surface area contributed by atoms with Crippen molar-refractivity contribution in [3.05, 3.63) is 53.9 Å². The van der Waals surface area contributed by atoms with E-state index in [2.05, 4.69) is 46.5 Å². The van der Waals surface area contributed by atoms with Gasteiger partial charge in [-0.1, -0.05) is 24.3 Å². The fraction of sp³-hybridized carbons (Fsp3) is 0.444. The van der Waals surface area contributed by atoms with Crippen LogP contribution in [0.3, 0.4) is 0 Å². The van der Waals surface area contributed by atoms with E-state index in [1.165, 1.54) is 24.0 Å². The molecule has 1 N–H and O–H groups in total. The molecular formula is C18H26IN5. The van der Waals surface area contributed by atoms with Crippen LogP contribution in [0.15, 0.2) is 47.7 Å². The summed E-state index contributed by atoms with van der Waals surface area (Å²) in [6.07, 6.45) is 6.34. The molecule has 24 heavy (non-hydrogen) atoms. The van der Waals surface area contributed by atoms with Crippen molar-refractivity contribution in [2.24, 2.45) is 4.99 Å². The Morgan fingerprint density at radius 3 is 2.71 bits per heavy atom. The number of halogens is 1. The van der Waals surface area contributed by atoms with Gasteiger partial charge in [-0.3, -0.25) is 4.68 Å². The highest BCUT2D eigenvalue weighted by molar-refractivity contribution is 14.0. The third kappa shape index (κ3) is 5.22. The smallest absolute Gasteiger partial charge is 0.194 e. The lowest BCUT2D eigenvalue weighted by atomic mass is 10.1. The third-order valence-corrected chi connectivity index (χ3v) is 4.05. The van der Waals surface area contributed by atoms with Gasteiger partial charge < -0.3 is 10.2 Å². The van der Waals surface area contributed by atoms with Crippen LogP contribution in [0.2, 0.25) is 0 Å². The van der Waals surface area contributed by atoms with Crippen LogP contribution in [0.1, 0.15) is 30.9 Å². The van der Waals surface area contributed by atoms with Crippen molar-refractivity contribution in [2.75, 3.05) is 19.6 Å². The molecule has 0 saturated carbocycles. The van der Waals surface area contributed by atoms with Crippen molar-refractivity contribution in [2.45, 2.75) is 32.9 Å². The zero-order chi connectivity index (χ0) is 15.9. The molecule has 1 saturated heterocycles. The van der Waals surface area contributed by atoms with E-state index in [0.717, 1.165) is 32.1 Å². The van der Waals surface area contributed by atoms with Crippen LogP contribution in [0.5, 0.6) is 0 Å². The summed E-state index contributed by atoms with van der Waals surface area (Å²) in [5, 5.41) is 7.67. The van der Waals surface area contributed by atoms with Crippen molar-refractivity contribution in [1.29, 1.82) is 0 Å². The predicted molar refractivity (Wildman–Crippen MR) is 109 cm³/mol. The van der Waals surface area contributed by atoms with E-state index in [0.29, 0.717) is 6.54 Å². The van der Waals surface area contributed by atoms with Gasteiger partial charge in [-0.25, -0.2) is 4.99 Å². The quantitative estimate of drug-likeness (QED) is 0.443. The van der Waals surface area contributed by atoms with Crippen LogP contribution in [0, 0.1) is 0 Å². The lowest BCUT2D eigenvalue weighted by molar-refractivity contribution is 0.493. The molecule has 0 bridgehead atoms. The van der Waals surface area contributed by atoms with Crippen LogP contribution in [0.25, 0.3) is 0 Å². The van der Waals surface area contributed by atoms with Crippen LogP contribution in [-0.4, -0.2) is 40.3 Å². The Hall–Kier alpha value is -1.57. The molecule has 1 aliphatic heterocycles. The number of nitrogens with one attached hydrogen (secondary N) is 1. The molecular weight excluding hydrogens is 413 g/mol. The summed E-state index contributed by atoms with van der Waals surface area (Å²) in [6.45, 7) is 6.78. The van der Waals surface area contributed by atoms with Gasteiger partial charge in [0.15, 0.2) is 5.96 Å². The fourth-order valence-electron chi connectivity index (χ4n) is 2.93. The van der Waals surface area contributed by atoms with Crippen molar-refractivity contribution >= 4 is 29.9 Å². The average Bonchev–Trinajstić information content (AvgIpc) is 3.25. The maximum atomic E-state index is 4.81. The van der Waals surface area contributed by atoms with Gasteiger partial charge in [0.05, 0.1) is 13.1 Å². The second-order valence-corrected chi connectivity index (χ2v) is 5.89. The van der Waals surface area contributed by atoms with Gasteiger partial charge in [0.2, 0.25) is 0 Å². The van der Waals surface area contributed by atoms with Crippen LogP contribution in [0.4, 0.5) is 0 Å². The number of hydrogen-bond acceptors (Lipinski definition) is 2. The highest BCUT2D eigenvalue weighted by Crippen LogP contribution is 2.11. The normalized spacial score (nSPS) is 14.5. The zero-order valence-corrected chi connectivity index (χ0v) is 16.5. The van der Waals surface area contributed by atoms with Gasteiger partial charge in [-0.05, 0) is 37.0 Å². The van der Waals surface area contributed by atoms with E-state index >= 15 is 0 Å². The molecule has 2 heterocycles.